The highest BCUT2D eigenvalue weighted by molar-refractivity contribution is 8.02. The minimum absolute atomic E-state index is 0.0659. The van der Waals surface area contributed by atoms with Crippen molar-refractivity contribution in [3.63, 3.8) is 0 Å². The van der Waals surface area contributed by atoms with E-state index in [0.29, 0.717) is 10.5 Å². The summed E-state index contributed by atoms with van der Waals surface area (Å²) in [7, 11) is 0. The number of thioether (sulfide) groups is 1. The van der Waals surface area contributed by atoms with Crippen LogP contribution in [0.3, 0.4) is 0 Å². The molecule has 1 amide bonds. The summed E-state index contributed by atoms with van der Waals surface area (Å²) < 4.78 is 8.35. The molecule has 1 atom stereocenters. The zero-order valence-electron chi connectivity index (χ0n) is 12.8. The summed E-state index contributed by atoms with van der Waals surface area (Å²) in [6.07, 6.45) is 1.59. The molecule has 0 radical (unpaired) electrons. The quantitative estimate of drug-likeness (QED) is 0.519. The van der Waals surface area contributed by atoms with Crippen LogP contribution in [0.1, 0.15) is 12.7 Å². The summed E-state index contributed by atoms with van der Waals surface area (Å²) in [6.45, 7) is 2.23. The van der Waals surface area contributed by atoms with Gasteiger partial charge in [-0.3, -0.25) is 4.79 Å². The van der Waals surface area contributed by atoms with Crippen LogP contribution in [-0.2, 0) is 11.3 Å². The average Bonchev–Trinajstić information content (AvgIpc) is 3.23. The first-order chi connectivity index (χ1) is 11.6. The first-order valence-electron chi connectivity index (χ1n) is 7.26. The third kappa shape index (κ3) is 4.14. The second-order valence-electron chi connectivity index (χ2n) is 4.94. The lowest BCUT2D eigenvalue weighted by molar-refractivity contribution is -0.120. The Balaban J connectivity index is 1.63. The normalized spacial score (nSPS) is 12.0. The van der Waals surface area contributed by atoms with Crippen molar-refractivity contribution >= 4 is 41.2 Å². The lowest BCUT2D eigenvalue weighted by Gasteiger charge is -2.09. The molecule has 0 unspecified atom stereocenters. The number of rotatable bonds is 6. The molecule has 2 aromatic heterocycles. The maximum absolute atomic E-state index is 12.2. The van der Waals surface area contributed by atoms with Crippen molar-refractivity contribution in [2.45, 2.75) is 23.1 Å². The van der Waals surface area contributed by atoms with Gasteiger partial charge in [0.1, 0.15) is 5.76 Å². The van der Waals surface area contributed by atoms with Crippen molar-refractivity contribution in [2.75, 3.05) is 0 Å². The fraction of sp³-hybridized carbons (Fsp3) is 0.188. The predicted octanol–water partition coefficient (Wildman–Crippen LogP) is 4.05. The van der Waals surface area contributed by atoms with Crippen LogP contribution in [0, 0.1) is 3.95 Å². The van der Waals surface area contributed by atoms with Crippen molar-refractivity contribution in [1.29, 1.82) is 0 Å². The number of furan rings is 1. The van der Waals surface area contributed by atoms with E-state index in [0.717, 1.165) is 15.8 Å². The maximum Gasteiger partial charge on any atom is 0.233 e. The van der Waals surface area contributed by atoms with Crippen LogP contribution >= 0.6 is 35.3 Å². The molecule has 1 aromatic carbocycles. The fourth-order valence-corrected chi connectivity index (χ4v) is 4.51. The number of hydrogen-bond donors (Lipinski definition) is 1. The van der Waals surface area contributed by atoms with Crippen LogP contribution < -0.4 is 5.32 Å². The molecule has 0 bridgehead atoms. The number of benzene rings is 1. The molecule has 1 N–H and O–H groups in total. The molecule has 0 saturated carbocycles. The lowest BCUT2D eigenvalue weighted by Crippen LogP contribution is -2.30. The molecule has 5 nitrogen and oxygen atoms in total. The van der Waals surface area contributed by atoms with E-state index in [1.165, 1.54) is 23.1 Å². The van der Waals surface area contributed by atoms with Crippen molar-refractivity contribution < 1.29 is 9.21 Å². The third-order valence-electron chi connectivity index (χ3n) is 3.19. The van der Waals surface area contributed by atoms with Gasteiger partial charge in [0, 0.05) is 0 Å². The van der Waals surface area contributed by atoms with E-state index < -0.39 is 0 Å². The molecule has 0 aliphatic rings. The molecular weight excluding hydrogens is 362 g/mol. The number of carbonyl (C=O) groups is 1. The Morgan fingerprint density at radius 1 is 1.38 bits per heavy atom. The van der Waals surface area contributed by atoms with Gasteiger partial charge in [-0.1, -0.05) is 41.3 Å². The number of aromatic nitrogens is 2. The molecule has 0 aliphatic carbocycles. The monoisotopic (exact) mass is 377 g/mol. The second kappa shape index (κ2) is 7.78. The van der Waals surface area contributed by atoms with Crippen LogP contribution in [-0.4, -0.2) is 20.9 Å². The van der Waals surface area contributed by atoms with Crippen molar-refractivity contribution in [2.24, 2.45) is 0 Å². The Kier molecular flexibility index (Phi) is 5.49. The van der Waals surface area contributed by atoms with Crippen LogP contribution in [0.5, 0.6) is 0 Å². The van der Waals surface area contributed by atoms with E-state index in [4.69, 9.17) is 16.6 Å². The number of para-hydroxylation sites is 1. The van der Waals surface area contributed by atoms with Gasteiger partial charge in [-0.2, -0.15) is 0 Å². The van der Waals surface area contributed by atoms with Gasteiger partial charge in [0.25, 0.3) is 0 Å². The molecular formula is C16H15N3O2S3. The summed E-state index contributed by atoms with van der Waals surface area (Å²) in [6, 6.07) is 13.3. The maximum atomic E-state index is 12.2. The highest BCUT2D eigenvalue weighted by atomic mass is 32.2. The highest BCUT2D eigenvalue weighted by Crippen LogP contribution is 2.27. The topological polar surface area (TPSA) is 60.1 Å². The zero-order chi connectivity index (χ0) is 16.9. The largest absolute Gasteiger partial charge is 0.467 e. The van der Waals surface area contributed by atoms with E-state index in [9.17, 15) is 4.79 Å². The van der Waals surface area contributed by atoms with Gasteiger partial charge in [0.15, 0.2) is 8.29 Å². The molecule has 0 saturated heterocycles. The summed E-state index contributed by atoms with van der Waals surface area (Å²) >= 11 is 8.17. The predicted molar refractivity (Wildman–Crippen MR) is 98.1 cm³/mol. The first-order valence-corrected chi connectivity index (χ1v) is 9.36. The fourth-order valence-electron chi connectivity index (χ4n) is 1.98. The summed E-state index contributed by atoms with van der Waals surface area (Å²) in [5.74, 6) is 0.661. The molecule has 3 rings (SSSR count). The molecule has 24 heavy (non-hydrogen) atoms. The van der Waals surface area contributed by atoms with Crippen molar-refractivity contribution in [3.8, 4) is 5.69 Å². The van der Waals surface area contributed by atoms with Gasteiger partial charge in [-0.15, -0.1) is 5.10 Å². The summed E-state index contributed by atoms with van der Waals surface area (Å²) in [4.78, 5) is 12.2. The lowest BCUT2D eigenvalue weighted by atomic mass is 10.3. The van der Waals surface area contributed by atoms with Gasteiger partial charge < -0.3 is 9.73 Å². The number of nitrogens with one attached hydrogen (secondary N) is 1. The van der Waals surface area contributed by atoms with E-state index >= 15 is 0 Å². The summed E-state index contributed by atoms with van der Waals surface area (Å²) in [5, 5.41) is 7.08. The minimum Gasteiger partial charge on any atom is -0.467 e. The van der Waals surface area contributed by atoms with Gasteiger partial charge in [0.2, 0.25) is 5.91 Å². The van der Waals surface area contributed by atoms with Crippen LogP contribution in [0.15, 0.2) is 57.5 Å². The SMILES string of the molecule is C[C@H](Sc1nn(-c2ccccc2)c(=S)s1)C(=O)NCc1ccco1. The zero-order valence-corrected chi connectivity index (χ0v) is 15.3. The standard InChI is InChI=1S/C16H15N3O2S3/c1-11(14(20)17-10-13-8-5-9-21-13)23-15-18-19(16(22)24-15)12-6-3-2-4-7-12/h2-9,11H,10H2,1H3,(H,17,20)/t11-/m0/s1. The van der Waals surface area contributed by atoms with Crippen LogP contribution in [0.25, 0.3) is 5.69 Å². The van der Waals surface area contributed by atoms with Crippen LogP contribution in [0.2, 0.25) is 0 Å². The number of amides is 1. The molecule has 0 aliphatic heterocycles. The highest BCUT2D eigenvalue weighted by Gasteiger charge is 2.17. The Hall–Kier alpha value is -1.90. The molecule has 124 valence electrons. The van der Waals surface area contributed by atoms with Crippen molar-refractivity contribution in [3.05, 3.63) is 58.4 Å². The van der Waals surface area contributed by atoms with Crippen molar-refractivity contribution in [1.82, 2.24) is 15.1 Å². The number of hydrogen-bond acceptors (Lipinski definition) is 6. The van der Waals surface area contributed by atoms with Gasteiger partial charge in [0.05, 0.1) is 23.7 Å². The second-order valence-corrected chi connectivity index (χ2v) is 8.15. The molecule has 0 spiro atoms. The molecule has 0 fully saturated rings. The minimum atomic E-state index is -0.273. The average molecular weight is 378 g/mol. The molecule has 3 aromatic rings. The number of nitrogens with zero attached hydrogens (tertiary/aromatic N) is 2. The van der Waals surface area contributed by atoms with Gasteiger partial charge in [-0.05, 0) is 43.4 Å². The Morgan fingerprint density at radius 3 is 2.88 bits per heavy atom. The Bertz CT molecular complexity index is 856. The van der Waals surface area contributed by atoms with E-state index in [1.807, 2.05) is 43.3 Å². The van der Waals surface area contributed by atoms with Gasteiger partial charge >= 0.3 is 0 Å². The first kappa shape index (κ1) is 16.9. The Morgan fingerprint density at radius 2 is 2.17 bits per heavy atom. The van der Waals surface area contributed by atoms with Crippen LogP contribution in [0.4, 0.5) is 0 Å². The third-order valence-corrected chi connectivity index (χ3v) is 5.61. The van der Waals surface area contributed by atoms with Gasteiger partial charge in [-0.25, -0.2) is 4.68 Å². The van der Waals surface area contributed by atoms with E-state index in [2.05, 4.69) is 10.4 Å². The Labute approximate surface area is 152 Å². The molecule has 8 heteroatoms. The smallest absolute Gasteiger partial charge is 0.233 e. The number of carbonyl (C=O) groups excluding carboxylic acids is 1. The molecule has 2 heterocycles. The van der Waals surface area contributed by atoms with E-state index in [-0.39, 0.29) is 11.2 Å². The summed E-state index contributed by atoms with van der Waals surface area (Å²) in [5.41, 5.74) is 0.917. The van der Waals surface area contributed by atoms with E-state index in [1.54, 1.807) is 17.0 Å².